The lowest BCUT2D eigenvalue weighted by atomic mass is 9.43. The van der Waals surface area contributed by atoms with Gasteiger partial charge in [-0.05, 0) is 79.5 Å². The molecule has 4 unspecified atom stereocenters. The van der Waals surface area contributed by atoms with E-state index >= 15 is 0 Å². The van der Waals surface area contributed by atoms with Gasteiger partial charge in [-0.25, -0.2) is 4.79 Å². The van der Waals surface area contributed by atoms with Gasteiger partial charge in [-0.2, -0.15) is 0 Å². The van der Waals surface area contributed by atoms with Crippen LogP contribution in [0.4, 0.5) is 0 Å². The van der Waals surface area contributed by atoms with Crippen LogP contribution >= 0.6 is 0 Å². The Hall–Kier alpha value is -1.69. The smallest absolute Gasteiger partial charge is 0.338 e. The van der Waals surface area contributed by atoms with Gasteiger partial charge in [-0.3, -0.25) is 4.90 Å². The molecule has 5 saturated carbocycles. The number of hydrogen-bond acceptors (Lipinski definition) is 5. The normalized spacial score (nSPS) is 52.5. The largest absolute Gasteiger partial charge is 0.458 e. The summed E-state index contributed by atoms with van der Waals surface area (Å²) in [6.45, 7) is 11.0. The minimum Gasteiger partial charge on any atom is -0.458 e. The average molecular weight is 464 g/mol. The highest BCUT2D eigenvalue weighted by Gasteiger charge is 2.85. The zero-order valence-electron chi connectivity index (χ0n) is 20.3. The molecule has 11 atom stereocenters. The maximum atomic E-state index is 13.4. The number of nitrogens with zero attached hydrogens (tertiary/aromatic N) is 1. The van der Waals surface area contributed by atoms with Crippen LogP contribution in [0, 0.1) is 39.9 Å². The summed E-state index contributed by atoms with van der Waals surface area (Å²) < 4.78 is 6.50. The number of hydrogen-bond donors (Lipinski definition) is 2. The number of esters is 1. The van der Waals surface area contributed by atoms with Crippen LogP contribution < -0.4 is 0 Å². The molecule has 7 bridgehead atoms. The lowest BCUT2D eigenvalue weighted by Crippen LogP contribution is -2.69. The SMILES string of the molecule is C=C1[C@H]2CC3(C4C[C@H]5C6(C4N(CC)C[C@]5(C)CC[C@@H]6OC(=O)c4ccccc4)[C@@H]3C[C@@H]2O)[C@@H]1O. The quantitative estimate of drug-likeness (QED) is 0.529. The Morgan fingerprint density at radius 2 is 1.97 bits per heavy atom. The third kappa shape index (κ3) is 2.22. The van der Waals surface area contributed by atoms with Crippen molar-refractivity contribution in [2.24, 2.45) is 39.9 Å². The van der Waals surface area contributed by atoms with Crippen LogP contribution in [0.15, 0.2) is 42.5 Å². The fourth-order valence-corrected chi connectivity index (χ4v) is 10.9. The summed E-state index contributed by atoms with van der Waals surface area (Å²) in [5.41, 5.74) is 1.17. The van der Waals surface area contributed by atoms with E-state index in [-0.39, 0.29) is 40.2 Å². The lowest BCUT2D eigenvalue weighted by Gasteiger charge is -2.65. The summed E-state index contributed by atoms with van der Waals surface area (Å²) in [5, 5.41) is 23.0. The zero-order valence-corrected chi connectivity index (χ0v) is 20.3. The lowest BCUT2D eigenvalue weighted by molar-refractivity contribution is -0.218. The summed E-state index contributed by atoms with van der Waals surface area (Å²) in [6, 6.07) is 9.64. The van der Waals surface area contributed by atoms with Crippen molar-refractivity contribution in [2.45, 2.75) is 70.3 Å². The maximum absolute atomic E-state index is 13.4. The molecule has 1 heterocycles. The van der Waals surface area contributed by atoms with Gasteiger partial charge in [0.1, 0.15) is 6.10 Å². The second-order valence-electron chi connectivity index (χ2n) is 12.6. The fraction of sp³-hybridized carbons (Fsp3) is 0.690. The number of aliphatic hydroxyl groups is 2. The topological polar surface area (TPSA) is 70.0 Å². The highest BCUT2D eigenvalue weighted by molar-refractivity contribution is 5.89. The van der Waals surface area contributed by atoms with E-state index in [0.29, 0.717) is 29.9 Å². The van der Waals surface area contributed by atoms with E-state index < -0.39 is 12.2 Å². The van der Waals surface area contributed by atoms with Crippen LogP contribution in [-0.4, -0.2) is 58.5 Å². The van der Waals surface area contributed by atoms with Gasteiger partial charge in [-0.15, -0.1) is 0 Å². The summed E-state index contributed by atoms with van der Waals surface area (Å²) in [5.74, 6) is 0.735. The van der Waals surface area contributed by atoms with Gasteiger partial charge in [-0.1, -0.05) is 38.6 Å². The zero-order chi connectivity index (χ0) is 23.6. The first-order valence-corrected chi connectivity index (χ1v) is 13.3. The molecule has 1 aliphatic heterocycles. The van der Waals surface area contributed by atoms with Gasteiger partial charge in [0, 0.05) is 29.3 Å². The second-order valence-corrected chi connectivity index (χ2v) is 12.6. The first kappa shape index (κ1) is 21.6. The number of likely N-dealkylation sites (tertiary alicyclic amines) is 1. The van der Waals surface area contributed by atoms with Crippen molar-refractivity contribution in [1.29, 1.82) is 0 Å². The van der Waals surface area contributed by atoms with Gasteiger partial charge in [0.05, 0.1) is 17.8 Å². The molecule has 1 saturated heterocycles. The fourth-order valence-electron chi connectivity index (χ4n) is 10.9. The molecule has 1 aromatic rings. The molecule has 5 nitrogen and oxygen atoms in total. The first-order valence-electron chi connectivity index (χ1n) is 13.3. The molecular weight excluding hydrogens is 426 g/mol. The van der Waals surface area contributed by atoms with Crippen LogP contribution in [-0.2, 0) is 4.74 Å². The van der Waals surface area contributed by atoms with Crippen molar-refractivity contribution < 1.29 is 19.7 Å². The van der Waals surface area contributed by atoms with Crippen LogP contribution in [0.2, 0.25) is 0 Å². The van der Waals surface area contributed by atoms with E-state index in [4.69, 9.17) is 4.74 Å². The average Bonchev–Trinajstić information content (AvgIpc) is 3.36. The predicted octanol–water partition coefficient (Wildman–Crippen LogP) is 3.66. The van der Waals surface area contributed by atoms with Gasteiger partial charge in [0.15, 0.2) is 0 Å². The monoisotopic (exact) mass is 463 g/mol. The highest BCUT2D eigenvalue weighted by Crippen LogP contribution is 2.83. The predicted molar refractivity (Wildman–Crippen MR) is 128 cm³/mol. The molecular formula is C29H37NO4. The molecule has 182 valence electrons. The Bertz CT molecular complexity index is 1060. The molecule has 6 fully saturated rings. The third-order valence-electron chi connectivity index (χ3n) is 11.8. The second kappa shape index (κ2) is 6.74. The van der Waals surface area contributed by atoms with E-state index in [1.807, 2.05) is 30.3 Å². The molecule has 5 heteroatoms. The van der Waals surface area contributed by atoms with Crippen LogP contribution in [0.1, 0.15) is 56.3 Å². The minimum absolute atomic E-state index is 0.00257. The molecule has 2 spiro atoms. The Morgan fingerprint density at radius 3 is 2.71 bits per heavy atom. The number of fused-ring (bicyclic) bond motifs is 1. The molecule has 34 heavy (non-hydrogen) atoms. The molecule has 0 aromatic heterocycles. The summed E-state index contributed by atoms with van der Waals surface area (Å²) >= 11 is 0. The molecule has 2 N–H and O–H groups in total. The van der Waals surface area contributed by atoms with E-state index in [2.05, 4.69) is 25.3 Å². The van der Waals surface area contributed by atoms with Gasteiger partial charge < -0.3 is 14.9 Å². The minimum atomic E-state index is -0.567. The summed E-state index contributed by atoms with van der Waals surface area (Å²) in [4.78, 5) is 16.0. The van der Waals surface area contributed by atoms with Crippen molar-refractivity contribution >= 4 is 5.97 Å². The number of aliphatic hydroxyl groups excluding tert-OH is 2. The molecule has 6 aliphatic rings. The van der Waals surface area contributed by atoms with E-state index in [1.54, 1.807) is 0 Å². The molecule has 0 radical (unpaired) electrons. The van der Waals surface area contributed by atoms with Crippen LogP contribution in [0.5, 0.6) is 0 Å². The van der Waals surface area contributed by atoms with Crippen molar-refractivity contribution in [3.63, 3.8) is 0 Å². The van der Waals surface area contributed by atoms with Gasteiger partial charge in [0.2, 0.25) is 0 Å². The summed E-state index contributed by atoms with van der Waals surface area (Å²) in [6.07, 6.45) is 3.34. The Labute approximate surface area is 202 Å². The number of rotatable bonds is 3. The van der Waals surface area contributed by atoms with Crippen molar-refractivity contribution in [3.05, 3.63) is 48.0 Å². The van der Waals surface area contributed by atoms with Crippen LogP contribution in [0.25, 0.3) is 0 Å². The summed E-state index contributed by atoms with van der Waals surface area (Å²) in [7, 11) is 0. The van der Waals surface area contributed by atoms with E-state index in [1.165, 1.54) is 0 Å². The van der Waals surface area contributed by atoms with Crippen molar-refractivity contribution in [2.75, 3.05) is 13.1 Å². The number of carbonyl (C=O) groups excluding carboxylic acids is 1. The van der Waals surface area contributed by atoms with Crippen molar-refractivity contribution in [3.8, 4) is 0 Å². The van der Waals surface area contributed by atoms with Crippen LogP contribution in [0.3, 0.4) is 0 Å². The van der Waals surface area contributed by atoms with Gasteiger partial charge >= 0.3 is 5.97 Å². The number of benzene rings is 1. The maximum Gasteiger partial charge on any atom is 0.338 e. The number of ether oxygens (including phenoxy) is 1. The number of carbonyl (C=O) groups is 1. The first-order chi connectivity index (χ1) is 16.3. The van der Waals surface area contributed by atoms with E-state index in [9.17, 15) is 15.0 Å². The van der Waals surface area contributed by atoms with Crippen molar-refractivity contribution in [1.82, 2.24) is 4.90 Å². The molecule has 7 rings (SSSR count). The molecule has 1 aromatic carbocycles. The Balaban J connectivity index is 1.39. The standard InChI is InChI=1S/C29H37NO4/c1-4-30-15-27(3)11-10-23(34-26(33)17-8-6-5-7-9-17)29-21(27)12-19(24(29)30)28-14-18(16(2)25(28)32)20(31)13-22(28)29/h5-9,18-25,31-32H,2,4,10-15H2,1,3H3/t18-,19?,20+,21-,22-,23+,24?,25-,27+,28?,29?/m1/s1. The highest BCUT2D eigenvalue weighted by atomic mass is 16.5. The number of piperidine rings is 1. The molecule has 0 amide bonds. The van der Waals surface area contributed by atoms with E-state index in [0.717, 1.165) is 44.3 Å². The Kier molecular flexibility index (Phi) is 4.28. The Morgan fingerprint density at radius 1 is 1.21 bits per heavy atom. The van der Waals surface area contributed by atoms with Gasteiger partial charge in [0.25, 0.3) is 0 Å². The third-order valence-corrected chi connectivity index (χ3v) is 11.8. The molecule has 5 aliphatic carbocycles.